The van der Waals surface area contributed by atoms with E-state index in [9.17, 15) is 14.7 Å². The number of carboxylic acids is 1. The van der Waals surface area contributed by atoms with Crippen LogP contribution in [-0.4, -0.2) is 57.2 Å². The number of methoxy groups -OCH3 is 2. The van der Waals surface area contributed by atoms with Crippen molar-refractivity contribution < 1.29 is 53.7 Å². The predicted octanol–water partition coefficient (Wildman–Crippen LogP) is -3.89. The molecular weight excluding hydrogens is 299 g/mol. The largest absolute Gasteiger partial charge is 1.00 e. The first-order chi connectivity index (χ1) is 10.0. The molecule has 8 heteroatoms. The van der Waals surface area contributed by atoms with Crippen LogP contribution >= 0.6 is 0 Å². The summed E-state index contributed by atoms with van der Waals surface area (Å²) in [6.45, 7) is 1.75. The maximum Gasteiger partial charge on any atom is 1.00 e. The molecule has 1 saturated heterocycles. The standard InChI is InChI=1S/C14H18N2O5.Na/c1-20-11-7-10(8-12(9-11)21-2)15-3-5-16(6-4-15)13(17)14(18)19;/h7-9H,3-6H2,1-2H3,(H,18,19);/q;+1/p-1. The van der Waals surface area contributed by atoms with E-state index in [-0.39, 0.29) is 29.6 Å². The van der Waals surface area contributed by atoms with Gasteiger partial charge in [0.1, 0.15) is 17.5 Å². The second-order valence-corrected chi connectivity index (χ2v) is 4.64. The average Bonchev–Trinajstić information content (AvgIpc) is 2.53. The number of aliphatic carboxylic acids is 1. The van der Waals surface area contributed by atoms with Crippen LogP contribution in [0.2, 0.25) is 0 Å². The van der Waals surface area contributed by atoms with Crippen molar-refractivity contribution in [3.8, 4) is 11.5 Å². The molecule has 0 radical (unpaired) electrons. The Kier molecular flexibility index (Phi) is 6.99. The Labute approximate surface area is 151 Å². The fourth-order valence-electron chi connectivity index (χ4n) is 2.27. The van der Waals surface area contributed by atoms with E-state index in [2.05, 4.69) is 0 Å². The monoisotopic (exact) mass is 316 g/mol. The van der Waals surface area contributed by atoms with E-state index in [1.165, 1.54) is 4.90 Å². The van der Waals surface area contributed by atoms with E-state index in [0.29, 0.717) is 37.7 Å². The minimum absolute atomic E-state index is 0. The van der Waals surface area contributed by atoms with Crippen LogP contribution in [0.1, 0.15) is 0 Å². The fourth-order valence-corrected chi connectivity index (χ4v) is 2.27. The van der Waals surface area contributed by atoms with Gasteiger partial charge >= 0.3 is 29.6 Å². The van der Waals surface area contributed by atoms with Gasteiger partial charge in [0.05, 0.1) is 14.2 Å². The number of piperazine rings is 1. The molecule has 1 heterocycles. The summed E-state index contributed by atoms with van der Waals surface area (Å²) in [7, 11) is 3.16. The van der Waals surface area contributed by atoms with Crippen molar-refractivity contribution in [1.29, 1.82) is 0 Å². The number of carboxylic acid groups (broad SMARTS) is 1. The van der Waals surface area contributed by atoms with Gasteiger partial charge in [-0.2, -0.15) is 0 Å². The first-order valence-electron chi connectivity index (χ1n) is 6.53. The van der Waals surface area contributed by atoms with Gasteiger partial charge < -0.3 is 29.2 Å². The van der Waals surface area contributed by atoms with E-state index < -0.39 is 11.9 Å². The summed E-state index contributed by atoms with van der Waals surface area (Å²) in [5, 5.41) is 10.6. The number of ether oxygens (including phenoxy) is 2. The van der Waals surface area contributed by atoms with Crippen molar-refractivity contribution in [3.05, 3.63) is 18.2 Å². The zero-order valence-corrected chi connectivity index (χ0v) is 15.0. The average molecular weight is 316 g/mol. The third-order valence-corrected chi connectivity index (χ3v) is 3.44. The number of nitrogens with zero attached hydrogens (tertiary/aromatic N) is 2. The molecule has 1 aromatic carbocycles. The number of hydrogen-bond acceptors (Lipinski definition) is 6. The quantitative estimate of drug-likeness (QED) is 0.419. The number of anilines is 1. The summed E-state index contributed by atoms with van der Waals surface area (Å²) in [6.07, 6.45) is 0. The number of hydrogen-bond donors (Lipinski definition) is 0. The second-order valence-electron chi connectivity index (χ2n) is 4.64. The smallest absolute Gasteiger partial charge is 0.540 e. The minimum atomic E-state index is -1.66. The van der Waals surface area contributed by atoms with Crippen LogP contribution in [0.3, 0.4) is 0 Å². The van der Waals surface area contributed by atoms with Crippen LogP contribution in [0, 0.1) is 0 Å². The molecule has 2 rings (SSSR count). The van der Waals surface area contributed by atoms with Crippen LogP contribution in [0.25, 0.3) is 0 Å². The Morgan fingerprint density at radius 2 is 1.50 bits per heavy atom. The molecule has 22 heavy (non-hydrogen) atoms. The van der Waals surface area contributed by atoms with Gasteiger partial charge in [-0.1, -0.05) is 0 Å². The number of carbonyl (C=O) groups is 2. The zero-order chi connectivity index (χ0) is 15.4. The second kappa shape index (κ2) is 8.26. The van der Waals surface area contributed by atoms with Crippen molar-refractivity contribution >= 4 is 17.6 Å². The van der Waals surface area contributed by atoms with Gasteiger partial charge in [0.25, 0.3) is 5.91 Å². The fraction of sp³-hybridized carbons (Fsp3) is 0.429. The molecular formula is C14H17N2NaO5. The van der Waals surface area contributed by atoms with Gasteiger partial charge in [0, 0.05) is 50.1 Å². The Balaban J connectivity index is 0.00000242. The van der Waals surface area contributed by atoms with Gasteiger partial charge in [0.2, 0.25) is 0 Å². The molecule has 1 amide bonds. The van der Waals surface area contributed by atoms with Crippen LogP contribution in [0.5, 0.6) is 11.5 Å². The topological polar surface area (TPSA) is 82.1 Å². The van der Waals surface area contributed by atoms with E-state index >= 15 is 0 Å². The maximum atomic E-state index is 11.3. The third-order valence-electron chi connectivity index (χ3n) is 3.44. The van der Waals surface area contributed by atoms with Crippen molar-refractivity contribution in [2.24, 2.45) is 0 Å². The molecule has 7 nitrogen and oxygen atoms in total. The summed E-state index contributed by atoms with van der Waals surface area (Å²) in [6, 6.07) is 5.52. The first-order valence-corrected chi connectivity index (χ1v) is 6.53. The normalized spacial score (nSPS) is 14.1. The summed E-state index contributed by atoms with van der Waals surface area (Å²) < 4.78 is 10.4. The van der Waals surface area contributed by atoms with Gasteiger partial charge in [-0.3, -0.25) is 4.79 Å². The zero-order valence-electron chi connectivity index (χ0n) is 13.0. The van der Waals surface area contributed by atoms with Crippen LogP contribution in [0.15, 0.2) is 18.2 Å². The van der Waals surface area contributed by atoms with Crippen LogP contribution < -0.4 is 49.0 Å². The SMILES string of the molecule is COc1cc(OC)cc(N2CCN(C(=O)C(=O)[O-])CC2)c1.[Na+]. The Bertz CT molecular complexity index is 522. The first kappa shape index (κ1) is 18.6. The molecule has 0 saturated carbocycles. The van der Waals surface area contributed by atoms with Crippen molar-refractivity contribution in [1.82, 2.24) is 4.90 Å². The molecule has 0 aliphatic carbocycles. The van der Waals surface area contributed by atoms with Crippen LogP contribution in [-0.2, 0) is 9.59 Å². The third kappa shape index (κ3) is 4.28. The summed E-state index contributed by atoms with van der Waals surface area (Å²) >= 11 is 0. The van der Waals surface area contributed by atoms with Gasteiger partial charge in [-0.15, -0.1) is 0 Å². The Hall–Kier alpha value is -1.44. The van der Waals surface area contributed by atoms with E-state index in [1.54, 1.807) is 20.3 Å². The number of amides is 1. The van der Waals surface area contributed by atoms with Crippen LogP contribution in [0.4, 0.5) is 5.69 Å². The molecule has 0 bridgehead atoms. The van der Waals surface area contributed by atoms with E-state index in [0.717, 1.165) is 5.69 Å². The van der Waals surface area contributed by atoms with E-state index in [4.69, 9.17) is 9.47 Å². The van der Waals surface area contributed by atoms with Crippen molar-refractivity contribution in [2.75, 3.05) is 45.3 Å². The molecule has 0 aromatic heterocycles. The van der Waals surface area contributed by atoms with Gasteiger partial charge in [0.15, 0.2) is 0 Å². The molecule has 1 aliphatic rings. The van der Waals surface area contributed by atoms with Gasteiger partial charge in [-0.25, -0.2) is 0 Å². The molecule has 0 N–H and O–H groups in total. The van der Waals surface area contributed by atoms with Crippen molar-refractivity contribution in [3.63, 3.8) is 0 Å². The molecule has 1 aromatic rings. The molecule has 114 valence electrons. The van der Waals surface area contributed by atoms with Crippen molar-refractivity contribution in [2.45, 2.75) is 0 Å². The molecule has 0 unspecified atom stereocenters. The summed E-state index contributed by atoms with van der Waals surface area (Å²) in [5.41, 5.74) is 0.909. The molecule has 1 aliphatic heterocycles. The maximum absolute atomic E-state index is 11.3. The Morgan fingerprint density at radius 1 is 1.00 bits per heavy atom. The summed E-state index contributed by atoms with van der Waals surface area (Å²) in [4.78, 5) is 25.2. The minimum Gasteiger partial charge on any atom is -0.540 e. The number of benzene rings is 1. The predicted molar refractivity (Wildman–Crippen MR) is 73.3 cm³/mol. The molecule has 1 fully saturated rings. The molecule has 0 atom stereocenters. The number of carbonyl (C=O) groups excluding carboxylic acids is 2. The van der Waals surface area contributed by atoms with Gasteiger partial charge in [-0.05, 0) is 0 Å². The summed E-state index contributed by atoms with van der Waals surface area (Å²) in [5.74, 6) is -1.26. The number of rotatable bonds is 3. The Morgan fingerprint density at radius 3 is 1.91 bits per heavy atom. The van der Waals surface area contributed by atoms with E-state index in [1.807, 2.05) is 17.0 Å². The molecule has 0 spiro atoms.